The summed E-state index contributed by atoms with van der Waals surface area (Å²) in [5.74, 6) is 0.386. The molecule has 88 valence electrons. The molecule has 0 bridgehead atoms. The number of likely N-dealkylation sites (N-methyl/N-ethyl adjacent to an activating group) is 1. The Labute approximate surface area is 91.3 Å². The highest BCUT2D eigenvalue weighted by Crippen LogP contribution is 2.41. The Balaban J connectivity index is 2.66. The fourth-order valence-electron chi connectivity index (χ4n) is 2.15. The molecule has 0 heterocycles. The molecule has 1 saturated carbocycles. The summed E-state index contributed by atoms with van der Waals surface area (Å²) >= 11 is 0. The van der Waals surface area contributed by atoms with Crippen molar-refractivity contribution in [1.29, 1.82) is 0 Å². The van der Waals surface area contributed by atoms with Gasteiger partial charge in [-0.1, -0.05) is 6.92 Å². The van der Waals surface area contributed by atoms with E-state index in [9.17, 15) is 4.79 Å². The monoisotopic (exact) mass is 215 g/mol. The number of ether oxygens (including phenoxy) is 2. The smallest absolute Gasteiger partial charge is 0.307 e. The van der Waals surface area contributed by atoms with Crippen molar-refractivity contribution in [3.05, 3.63) is 0 Å². The van der Waals surface area contributed by atoms with Crippen LogP contribution in [0.3, 0.4) is 0 Å². The summed E-state index contributed by atoms with van der Waals surface area (Å²) in [5.41, 5.74) is -0.212. The van der Waals surface area contributed by atoms with Crippen LogP contribution in [-0.4, -0.2) is 38.9 Å². The normalized spacial score (nSPS) is 19.7. The van der Waals surface area contributed by atoms with Gasteiger partial charge in [0.25, 0.3) is 0 Å². The Hall–Kier alpha value is -0.610. The number of carbonyl (C=O) groups is 1. The quantitative estimate of drug-likeness (QED) is 0.642. The highest BCUT2D eigenvalue weighted by Gasteiger charge is 2.46. The minimum atomic E-state index is -0.212. The molecule has 1 unspecified atom stereocenters. The molecule has 1 rings (SSSR count). The summed E-state index contributed by atoms with van der Waals surface area (Å²) in [6.07, 6.45) is 2.75. The van der Waals surface area contributed by atoms with Crippen LogP contribution < -0.4 is 5.32 Å². The van der Waals surface area contributed by atoms with Crippen molar-refractivity contribution in [2.45, 2.75) is 31.7 Å². The van der Waals surface area contributed by atoms with E-state index in [-0.39, 0.29) is 11.5 Å². The zero-order valence-electron chi connectivity index (χ0n) is 9.84. The molecule has 0 radical (unpaired) electrons. The molecule has 1 aliphatic rings. The van der Waals surface area contributed by atoms with E-state index >= 15 is 0 Å². The lowest BCUT2D eigenvalue weighted by Gasteiger charge is -2.33. The molecule has 0 amide bonds. The van der Waals surface area contributed by atoms with Crippen LogP contribution in [0.2, 0.25) is 0 Å². The molecule has 0 aromatic heterocycles. The van der Waals surface area contributed by atoms with Gasteiger partial charge < -0.3 is 14.8 Å². The zero-order chi connectivity index (χ0) is 11.3. The third kappa shape index (κ3) is 3.18. The standard InChI is InChI=1S/C11H21NO3/c1-4-12-11(8-14-2,9-5-6-9)7-10(13)15-3/h9,12H,4-8H2,1-3H3. The van der Waals surface area contributed by atoms with Gasteiger partial charge >= 0.3 is 5.97 Å². The number of nitrogens with one attached hydrogen (secondary N) is 1. The fourth-order valence-corrected chi connectivity index (χ4v) is 2.15. The minimum Gasteiger partial charge on any atom is -0.469 e. The van der Waals surface area contributed by atoms with Crippen LogP contribution in [0.5, 0.6) is 0 Å². The fraction of sp³-hybridized carbons (Fsp3) is 0.909. The first kappa shape index (κ1) is 12.5. The van der Waals surface area contributed by atoms with Crippen molar-refractivity contribution >= 4 is 5.97 Å². The van der Waals surface area contributed by atoms with Crippen molar-refractivity contribution < 1.29 is 14.3 Å². The van der Waals surface area contributed by atoms with Gasteiger partial charge in [0.15, 0.2) is 0 Å². The highest BCUT2D eigenvalue weighted by atomic mass is 16.5. The van der Waals surface area contributed by atoms with E-state index in [0.29, 0.717) is 18.9 Å². The van der Waals surface area contributed by atoms with E-state index in [1.54, 1.807) is 7.11 Å². The molecular weight excluding hydrogens is 194 g/mol. The van der Waals surface area contributed by atoms with Crippen molar-refractivity contribution in [2.75, 3.05) is 27.4 Å². The number of carbonyl (C=O) groups excluding carboxylic acids is 1. The molecule has 1 aliphatic carbocycles. The van der Waals surface area contributed by atoms with Gasteiger partial charge in [-0.2, -0.15) is 0 Å². The molecule has 4 nitrogen and oxygen atoms in total. The predicted molar refractivity (Wildman–Crippen MR) is 57.6 cm³/mol. The molecular formula is C11H21NO3. The number of rotatable bonds is 7. The molecule has 0 aromatic rings. The van der Waals surface area contributed by atoms with Crippen molar-refractivity contribution in [1.82, 2.24) is 5.32 Å². The molecule has 0 spiro atoms. The number of hydrogen-bond acceptors (Lipinski definition) is 4. The first-order chi connectivity index (χ1) is 7.18. The maximum absolute atomic E-state index is 11.4. The summed E-state index contributed by atoms with van der Waals surface area (Å²) in [5, 5.41) is 3.40. The second kappa shape index (κ2) is 5.47. The lowest BCUT2D eigenvalue weighted by molar-refractivity contribution is -0.143. The average Bonchev–Trinajstić information content (AvgIpc) is 3.01. The third-order valence-corrected chi connectivity index (χ3v) is 2.98. The molecule has 0 aromatic carbocycles. The average molecular weight is 215 g/mol. The maximum Gasteiger partial charge on any atom is 0.307 e. The van der Waals surface area contributed by atoms with Crippen LogP contribution in [0, 0.1) is 5.92 Å². The number of methoxy groups -OCH3 is 2. The molecule has 1 atom stereocenters. The summed E-state index contributed by atoms with van der Waals surface area (Å²) < 4.78 is 9.98. The third-order valence-electron chi connectivity index (χ3n) is 2.98. The Bertz CT molecular complexity index is 208. The second-order valence-electron chi connectivity index (χ2n) is 4.15. The van der Waals surface area contributed by atoms with Crippen LogP contribution in [0.1, 0.15) is 26.2 Å². The van der Waals surface area contributed by atoms with Gasteiger partial charge in [0.1, 0.15) is 0 Å². The van der Waals surface area contributed by atoms with Gasteiger partial charge in [-0.25, -0.2) is 0 Å². The van der Waals surface area contributed by atoms with E-state index in [4.69, 9.17) is 9.47 Å². The zero-order valence-corrected chi connectivity index (χ0v) is 9.84. The number of hydrogen-bond donors (Lipinski definition) is 1. The SMILES string of the molecule is CCNC(COC)(CC(=O)OC)C1CC1. The van der Waals surface area contributed by atoms with Gasteiger partial charge in [-0.15, -0.1) is 0 Å². The topological polar surface area (TPSA) is 47.6 Å². The molecule has 1 N–H and O–H groups in total. The molecule has 0 saturated heterocycles. The second-order valence-corrected chi connectivity index (χ2v) is 4.15. The largest absolute Gasteiger partial charge is 0.469 e. The van der Waals surface area contributed by atoms with E-state index in [1.165, 1.54) is 20.0 Å². The van der Waals surface area contributed by atoms with Crippen LogP contribution in [0.15, 0.2) is 0 Å². The van der Waals surface area contributed by atoms with Crippen molar-refractivity contribution in [3.63, 3.8) is 0 Å². The molecule has 1 fully saturated rings. The van der Waals surface area contributed by atoms with Gasteiger partial charge in [-0.05, 0) is 25.3 Å². The van der Waals surface area contributed by atoms with Gasteiger partial charge in [0.2, 0.25) is 0 Å². The molecule has 0 aliphatic heterocycles. The van der Waals surface area contributed by atoms with E-state index < -0.39 is 0 Å². The summed E-state index contributed by atoms with van der Waals surface area (Å²) in [7, 11) is 3.10. The Morgan fingerprint density at radius 3 is 2.53 bits per heavy atom. The predicted octanol–water partition coefficient (Wildman–Crippen LogP) is 0.954. The van der Waals surface area contributed by atoms with E-state index in [1.807, 2.05) is 6.92 Å². The van der Waals surface area contributed by atoms with Crippen molar-refractivity contribution in [3.8, 4) is 0 Å². The summed E-state index contributed by atoms with van der Waals surface area (Å²) in [4.78, 5) is 11.4. The van der Waals surface area contributed by atoms with Crippen molar-refractivity contribution in [2.24, 2.45) is 5.92 Å². The summed E-state index contributed by atoms with van der Waals surface area (Å²) in [6, 6.07) is 0. The first-order valence-electron chi connectivity index (χ1n) is 5.49. The lowest BCUT2D eigenvalue weighted by atomic mass is 9.90. The lowest BCUT2D eigenvalue weighted by Crippen LogP contribution is -2.52. The summed E-state index contributed by atoms with van der Waals surface area (Å²) in [6.45, 7) is 3.46. The van der Waals surface area contributed by atoms with E-state index in [2.05, 4.69) is 5.32 Å². The number of esters is 1. The molecule has 4 heteroatoms. The Kier molecular flexibility index (Phi) is 4.54. The Morgan fingerprint density at radius 1 is 1.47 bits per heavy atom. The minimum absolute atomic E-state index is 0.167. The van der Waals surface area contributed by atoms with Crippen LogP contribution >= 0.6 is 0 Å². The van der Waals surface area contributed by atoms with Gasteiger partial charge in [0, 0.05) is 7.11 Å². The van der Waals surface area contributed by atoms with Crippen LogP contribution in [0.25, 0.3) is 0 Å². The highest BCUT2D eigenvalue weighted by molar-refractivity contribution is 5.71. The first-order valence-corrected chi connectivity index (χ1v) is 5.49. The van der Waals surface area contributed by atoms with E-state index in [0.717, 1.165) is 6.54 Å². The van der Waals surface area contributed by atoms with Gasteiger partial charge in [-0.3, -0.25) is 4.79 Å². The Morgan fingerprint density at radius 2 is 2.13 bits per heavy atom. The van der Waals surface area contributed by atoms with Crippen LogP contribution in [-0.2, 0) is 14.3 Å². The van der Waals surface area contributed by atoms with Crippen LogP contribution in [0.4, 0.5) is 0 Å². The molecule has 15 heavy (non-hydrogen) atoms. The maximum atomic E-state index is 11.4. The van der Waals surface area contributed by atoms with Gasteiger partial charge in [0.05, 0.1) is 25.7 Å².